The maximum atomic E-state index is 13.4. The number of nitrogens with zero attached hydrogens (tertiary/aromatic N) is 2. The van der Waals surface area contributed by atoms with Crippen LogP contribution in [0.15, 0.2) is 59.6 Å². The Morgan fingerprint density at radius 2 is 1.40 bits per heavy atom. The molecule has 0 radical (unpaired) electrons. The quantitative estimate of drug-likeness (QED) is 0.295. The molecule has 0 bridgehead atoms. The number of carbonyl (C=O) groups excluding carboxylic acids is 1. The van der Waals surface area contributed by atoms with Crippen LogP contribution in [0.1, 0.15) is 38.3 Å². The molecular weight excluding hydrogens is 530 g/mol. The normalized spacial score (nSPS) is 11.2. The Labute approximate surface area is 234 Å². The monoisotopic (exact) mass is 561 g/mol. The van der Waals surface area contributed by atoms with Crippen molar-refractivity contribution in [3.8, 4) is 34.4 Å². The molecule has 2 heterocycles. The van der Waals surface area contributed by atoms with Crippen LogP contribution in [-0.2, 0) is 10.0 Å². The summed E-state index contributed by atoms with van der Waals surface area (Å²) < 4.78 is 45.5. The molecule has 0 spiro atoms. The average molecular weight is 562 g/mol. The number of aryl methyl sites for hydroxylation is 5. The predicted octanol–water partition coefficient (Wildman–Crippen LogP) is 5.61. The van der Waals surface area contributed by atoms with Gasteiger partial charge in [0, 0.05) is 5.69 Å². The number of hydrogen-bond acceptors (Lipinski definition) is 8. The molecule has 0 aliphatic rings. The smallest absolute Gasteiger partial charge is 0.281 e. The van der Waals surface area contributed by atoms with E-state index in [2.05, 4.69) is 14.7 Å². The molecular formula is C30H31N3O6S. The molecule has 0 aliphatic carbocycles. The molecule has 9 nitrogen and oxygen atoms in total. The van der Waals surface area contributed by atoms with Gasteiger partial charge < -0.3 is 14.2 Å². The summed E-state index contributed by atoms with van der Waals surface area (Å²) in [6.45, 7) is 9.32. The van der Waals surface area contributed by atoms with E-state index in [1.54, 1.807) is 39.3 Å². The number of hydrogen-bond donors (Lipinski definition) is 1. The SMILES string of the molecule is COc1cc(C)cc(OC)c1-c1ccc(C(=O)NS(=O)(=O)c2cccc(C)n2)c(Oc2c(C)cc(C)cc2C)n1. The van der Waals surface area contributed by atoms with Gasteiger partial charge in [0.2, 0.25) is 5.88 Å². The molecule has 208 valence electrons. The van der Waals surface area contributed by atoms with Crippen molar-refractivity contribution in [1.29, 1.82) is 0 Å². The number of methoxy groups -OCH3 is 2. The number of aromatic nitrogens is 2. The van der Waals surface area contributed by atoms with Crippen molar-refractivity contribution in [2.75, 3.05) is 14.2 Å². The fraction of sp³-hybridized carbons (Fsp3) is 0.233. The van der Waals surface area contributed by atoms with Crippen LogP contribution in [0.4, 0.5) is 0 Å². The molecule has 10 heteroatoms. The highest BCUT2D eigenvalue weighted by atomic mass is 32.2. The molecule has 0 fully saturated rings. The van der Waals surface area contributed by atoms with Crippen LogP contribution >= 0.6 is 0 Å². The van der Waals surface area contributed by atoms with Crippen LogP contribution in [-0.4, -0.2) is 38.5 Å². The summed E-state index contributed by atoms with van der Waals surface area (Å²) >= 11 is 0. The number of rotatable bonds is 8. The van der Waals surface area contributed by atoms with Crippen LogP contribution in [0, 0.1) is 34.6 Å². The number of sulfonamides is 1. The third kappa shape index (κ3) is 5.91. The van der Waals surface area contributed by atoms with E-state index >= 15 is 0 Å². The van der Waals surface area contributed by atoms with Gasteiger partial charge in [-0.05, 0) is 87.7 Å². The first-order valence-electron chi connectivity index (χ1n) is 12.4. The maximum absolute atomic E-state index is 13.4. The molecule has 0 aliphatic heterocycles. The first kappa shape index (κ1) is 28.6. The molecule has 4 aromatic rings. The molecule has 0 atom stereocenters. The van der Waals surface area contributed by atoms with Crippen molar-refractivity contribution < 1.29 is 27.4 Å². The Morgan fingerprint density at radius 3 is 1.98 bits per heavy atom. The highest BCUT2D eigenvalue weighted by Crippen LogP contribution is 2.40. The zero-order valence-electron chi connectivity index (χ0n) is 23.4. The Morgan fingerprint density at radius 1 is 0.800 bits per heavy atom. The van der Waals surface area contributed by atoms with E-state index in [9.17, 15) is 13.2 Å². The summed E-state index contributed by atoms with van der Waals surface area (Å²) in [5.74, 6) is 0.548. The van der Waals surface area contributed by atoms with E-state index < -0.39 is 15.9 Å². The number of nitrogens with one attached hydrogen (secondary N) is 1. The second kappa shape index (κ2) is 11.4. The molecule has 4 rings (SSSR count). The van der Waals surface area contributed by atoms with Gasteiger partial charge in [-0.2, -0.15) is 8.42 Å². The van der Waals surface area contributed by atoms with Crippen LogP contribution < -0.4 is 18.9 Å². The van der Waals surface area contributed by atoms with Gasteiger partial charge in [-0.1, -0.05) is 23.8 Å². The molecule has 0 saturated carbocycles. The van der Waals surface area contributed by atoms with Gasteiger partial charge in [-0.3, -0.25) is 4.79 Å². The van der Waals surface area contributed by atoms with Gasteiger partial charge >= 0.3 is 0 Å². The second-order valence-electron chi connectivity index (χ2n) is 9.48. The van der Waals surface area contributed by atoms with E-state index in [4.69, 9.17) is 14.2 Å². The standard InChI is InChI=1S/C30H31N3O6S/c1-17-13-19(3)28(20(4)14-17)39-30-22(29(34)33-40(35,36)26-10-8-9-21(5)31-26)11-12-23(32-30)27-24(37-6)15-18(2)16-25(27)38-7/h8-16H,1-7H3,(H,33,34). The van der Waals surface area contributed by atoms with Crippen molar-refractivity contribution in [2.45, 2.75) is 39.6 Å². The van der Waals surface area contributed by atoms with E-state index in [0.29, 0.717) is 34.2 Å². The van der Waals surface area contributed by atoms with Gasteiger partial charge in [0.25, 0.3) is 15.9 Å². The lowest BCUT2D eigenvalue weighted by Gasteiger charge is -2.18. The number of ether oxygens (including phenoxy) is 3. The zero-order chi connectivity index (χ0) is 29.2. The number of amides is 1. The predicted molar refractivity (Wildman–Crippen MR) is 152 cm³/mol. The number of pyridine rings is 2. The summed E-state index contributed by atoms with van der Waals surface area (Å²) in [5.41, 5.74) is 5.02. The van der Waals surface area contributed by atoms with Crippen molar-refractivity contribution in [1.82, 2.24) is 14.7 Å². The Bertz CT molecular complexity index is 1670. The van der Waals surface area contributed by atoms with E-state index in [1.807, 2.05) is 52.0 Å². The average Bonchev–Trinajstić information content (AvgIpc) is 2.89. The first-order chi connectivity index (χ1) is 18.9. The molecule has 1 amide bonds. The fourth-order valence-electron chi connectivity index (χ4n) is 4.45. The topological polar surface area (TPSA) is 117 Å². The molecule has 1 N–H and O–H groups in total. The summed E-state index contributed by atoms with van der Waals surface area (Å²) in [6, 6.07) is 15.2. The molecule has 0 unspecified atom stereocenters. The zero-order valence-corrected chi connectivity index (χ0v) is 24.3. The molecule has 2 aromatic heterocycles. The molecule has 40 heavy (non-hydrogen) atoms. The van der Waals surface area contributed by atoms with Gasteiger partial charge in [-0.15, -0.1) is 0 Å². The van der Waals surface area contributed by atoms with Gasteiger partial charge in [0.05, 0.1) is 25.5 Å². The van der Waals surface area contributed by atoms with E-state index in [1.165, 1.54) is 12.1 Å². The lowest BCUT2D eigenvalue weighted by Crippen LogP contribution is -2.31. The third-order valence-electron chi connectivity index (χ3n) is 6.18. The van der Waals surface area contributed by atoms with Crippen molar-refractivity contribution in [3.05, 3.63) is 88.1 Å². The number of benzene rings is 2. The Hall–Kier alpha value is -4.44. The van der Waals surface area contributed by atoms with Crippen molar-refractivity contribution in [2.24, 2.45) is 0 Å². The minimum Gasteiger partial charge on any atom is -0.496 e. The molecule has 0 saturated heterocycles. The minimum absolute atomic E-state index is 0.0793. The van der Waals surface area contributed by atoms with E-state index in [-0.39, 0.29) is 16.5 Å². The second-order valence-corrected chi connectivity index (χ2v) is 11.1. The fourth-order valence-corrected chi connectivity index (χ4v) is 5.43. The Kier molecular flexibility index (Phi) is 8.11. The lowest BCUT2D eigenvalue weighted by molar-refractivity contribution is 0.0978. The molecule has 2 aromatic carbocycles. The first-order valence-corrected chi connectivity index (χ1v) is 13.9. The van der Waals surface area contributed by atoms with Crippen LogP contribution in [0.25, 0.3) is 11.3 Å². The third-order valence-corrected chi connectivity index (χ3v) is 7.41. The van der Waals surface area contributed by atoms with Gasteiger partial charge in [0.15, 0.2) is 5.03 Å². The van der Waals surface area contributed by atoms with Crippen molar-refractivity contribution >= 4 is 15.9 Å². The van der Waals surface area contributed by atoms with Crippen LogP contribution in [0.3, 0.4) is 0 Å². The van der Waals surface area contributed by atoms with Crippen LogP contribution in [0.5, 0.6) is 23.1 Å². The number of carbonyl (C=O) groups is 1. The highest BCUT2D eigenvalue weighted by Gasteiger charge is 2.26. The highest BCUT2D eigenvalue weighted by molar-refractivity contribution is 7.90. The lowest BCUT2D eigenvalue weighted by atomic mass is 10.0. The van der Waals surface area contributed by atoms with Crippen molar-refractivity contribution in [3.63, 3.8) is 0 Å². The van der Waals surface area contributed by atoms with Gasteiger partial charge in [-0.25, -0.2) is 14.7 Å². The maximum Gasteiger partial charge on any atom is 0.281 e. The summed E-state index contributed by atoms with van der Waals surface area (Å²) in [4.78, 5) is 22.1. The van der Waals surface area contributed by atoms with E-state index in [0.717, 1.165) is 22.3 Å². The van der Waals surface area contributed by atoms with Crippen LogP contribution in [0.2, 0.25) is 0 Å². The minimum atomic E-state index is -4.26. The largest absolute Gasteiger partial charge is 0.496 e. The summed E-state index contributed by atoms with van der Waals surface area (Å²) in [5, 5.41) is -0.271. The Balaban J connectivity index is 1.86. The van der Waals surface area contributed by atoms with Gasteiger partial charge in [0.1, 0.15) is 22.8 Å². The summed E-state index contributed by atoms with van der Waals surface area (Å²) in [6.07, 6.45) is 0. The summed E-state index contributed by atoms with van der Waals surface area (Å²) in [7, 11) is -1.18.